The summed E-state index contributed by atoms with van der Waals surface area (Å²) in [5, 5.41) is 11.9. The van der Waals surface area contributed by atoms with Gasteiger partial charge in [0.15, 0.2) is 0 Å². The second-order valence-corrected chi connectivity index (χ2v) is 5.27. The van der Waals surface area contributed by atoms with Crippen molar-refractivity contribution in [3.05, 3.63) is 35.6 Å². The zero-order chi connectivity index (χ0) is 14.7. The first-order chi connectivity index (χ1) is 9.49. The van der Waals surface area contributed by atoms with Gasteiger partial charge in [0.25, 0.3) is 0 Å². The van der Waals surface area contributed by atoms with Crippen LogP contribution in [-0.4, -0.2) is 17.0 Å². The van der Waals surface area contributed by atoms with E-state index in [1.54, 1.807) is 19.1 Å². The van der Waals surface area contributed by atoms with E-state index in [-0.39, 0.29) is 17.8 Å². The molecule has 4 nitrogen and oxygen atoms in total. The summed E-state index contributed by atoms with van der Waals surface area (Å²) in [7, 11) is 0. The van der Waals surface area contributed by atoms with Crippen LogP contribution < -0.4 is 5.32 Å². The lowest BCUT2D eigenvalue weighted by molar-refractivity contribution is -0.146. The Labute approximate surface area is 117 Å². The molecule has 0 spiro atoms. The molecule has 20 heavy (non-hydrogen) atoms. The predicted octanol–water partition coefficient (Wildman–Crippen LogP) is 2.50. The van der Waals surface area contributed by atoms with E-state index in [2.05, 4.69) is 5.32 Å². The summed E-state index contributed by atoms with van der Waals surface area (Å²) in [6.45, 7) is 1.76. The summed E-state index contributed by atoms with van der Waals surface area (Å²) < 4.78 is 13.1. The van der Waals surface area contributed by atoms with Gasteiger partial charge in [0.05, 0.1) is 17.9 Å². The third-order valence-corrected chi connectivity index (χ3v) is 3.88. The van der Waals surface area contributed by atoms with Crippen LogP contribution in [0, 0.1) is 17.7 Å². The van der Waals surface area contributed by atoms with Crippen molar-refractivity contribution >= 4 is 11.9 Å². The number of rotatable bonds is 4. The molecule has 0 radical (unpaired) electrons. The van der Waals surface area contributed by atoms with Crippen molar-refractivity contribution in [2.45, 2.75) is 32.2 Å². The largest absolute Gasteiger partial charge is 0.481 e. The third kappa shape index (κ3) is 3.15. The Morgan fingerprint density at radius 3 is 2.70 bits per heavy atom. The molecule has 1 amide bonds. The van der Waals surface area contributed by atoms with Crippen LogP contribution in [0.1, 0.15) is 37.8 Å². The van der Waals surface area contributed by atoms with Crippen LogP contribution in [0.4, 0.5) is 4.39 Å². The van der Waals surface area contributed by atoms with E-state index in [4.69, 9.17) is 5.11 Å². The molecule has 108 valence electrons. The monoisotopic (exact) mass is 279 g/mol. The summed E-state index contributed by atoms with van der Waals surface area (Å²) in [5.74, 6) is -2.61. The van der Waals surface area contributed by atoms with E-state index in [1.807, 2.05) is 0 Å². The number of aliphatic carboxylic acids is 1. The van der Waals surface area contributed by atoms with Gasteiger partial charge in [0.2, 0.25) is 5.91 Å². The smallest absolute Gasteiger partial charge is 0.307 e. The molecule has 1 aliphatic carbocycles. The highest BCUT2D eigenvalue weighted by molar-refractivity contribution is 5.85. The van der Waals surface area contributed by atoms with E-state index < -0.39 is 17.8 Å². The van der Waals surface area contributed by atoms with Crippen molar-refractivity contribution in [2.75, 3.05) is 0 Å². The molecule has 0 aromatic heterocycles. The highest BCUT2D eigenvalue weighted by atomic mass is 19.1. The number of amides is 1. The SMILES string of the molecule is C[C@H](NC(=O)[C@@H]1CCC[C@@H]1C(=O)O)c1cccc(F)c1. The van der Waals surface area contributed by atoms with Crippen LogP contribution in [0.2, 0.25) is 0 Å². The lowest BCUT2D eigenvalue weighted by Gasteiger charge is -2.20. The molecule has 2 N–H and O–H groups in total. The summed E-state index contributed by atoms with van der Waals surface area (Å²) in [6.07, 6.45) is 1.89. The number of benzene rings is 1. The van der Waals surface area contributed by atoms with E-state index in [0.717, 1.165) is 6.42 Å². The zero-order valence-corrected chi connectivity index (χ0v) is 11.3. The fourth-order valence-electron chi connectivity index (χ4n) is 2.75. The molecule has 0 heterocycles. The van der Waals surface area contributed by atoms with Gasteiger partial charge in [-0.1, -0.05) is 18.6 Å². The van der Waals surface area contributed by atoms with Gasteiger partial charge >= 0.3 is 5.97 Å². The van der Waals surface area contributed by atoms with Crippen molar-refractivity contribution < 1.29 is 19.1 Å². The van der Waals surface area contributed by atoms with Crippen molar-refractivity contribution in [3.8, 4) is 0 Å². The average Bonchev–Trinajstić information content (AvgIpc) is 2.88. The van der Waals surface area contributed by atoms with Crippen LogP contribution in [0.5, 0.6) is 0 Å². The van der Waals surface area contributed by atoms with Crippen LogP contribution in [0.15, 0.2) is 24.3 Å². The summed E-state index contributed by atoms with van der Waals surface area (Å²) in [5.41, 5.74) is 0.670. The highest BCUT2D eigenvalue weighted by Crippen LogP contribution is 2.32. The number of hydrogen-bond acceptors (Lipinski definition) is 2. The van der Waals surface area contributed by atoms with Gasteiger partial charge in [-0.25, -0.2) is 4.39 Å². The van der Waals surface area contributed by atoms with Crippen molar-refractivity contribution in [2.24, 2.45) is 11.8 Å². The molecule has 1 aliphatic rings. The number of hydrogen-bond donors (Lipinski definition) is 2. The Bertz CT molecular complexity index is 518. The molecule has 1 aromatic rings. The van der Waals surface area contributed by atoms with Crippen molar-refractivity contribution in [3.63, 3.8) is 0 Å². The third-order valence-electron chi connectivity index (χ3n) is 3.88. The maximum absolute atomic E-state index is 13.1. The normalized spacial score (nSPS) is 23.3. The quantitative estimate of drug-likeness (QED) is 0.890. The lowest BCUT2D eigenvalue weighted by Crippen LogP contribution is -2.36. The fraction of sp³-hybridized carbons (Fsp3) is 0.467. The molecular weight excluding hydrogens is 261 g/mol. The van der Waals surface area contributed by atoms with E-state index >= 15 is 0 Å². The van der Waals surface area contributed by atoms with Crippen LogP contribution in [0.25, 0.3) is 0 Å². The van der Waals surface area contributed by atoms with Crippen molar-refractivity contribution in [1.82, 2.24) is 5.32 Å². The standard InChI is InChI=1S/C15H18FNO3/c1-9(10-4-2-5-11(16)8-10)17-14(18)12-6-3-7-13(12)15(19)20/h2,4-5,8-9,12-13H,3,6-7H2,1H3,(H,17,18)(H,19,20)/t9-,12+,13-/m0/s1. The maximum atomic E-state index is 13.1. The second-order valence-electron chi connectivity index (χ2n) is 5.27. The molecule has 1 fully saturated rings. The first-order valence-corrected chi connectivity index (χ1v) is 6.77. The minimum atomic E-state index is -0.916. The van der Waals surface area contributed by atoms with Gasteiger partial charge < -0.3 is 10.4 Å². The number of carbonyl (C=O) groups is 2. The Kier molecular flexibility index (Phi) is 4.37. The molecule has 1 aromatic carbocycles. The van der Waals surface area contributed by atoms with E-state index in [0.29, 0.717) is 18.4 Å². The van der Waals surface area contributed by atoms with Gasteiger partial charge in [-0.2, -0.15) is 0 Å². The second kappa shape index (κ2) is 6.03. The number of halogens is 1. The Morgan fingerprint density at radius 1 is 1.35 bits per heavy atom. The number of carboxylic acid groups (broad SMARTS) is 1. The van der Waals surface area contributed by atoms with Gasteiger partial charge in [-0.15, -0.1) is 0 Å². The van der Waals surface area contributed by atoms with E-state index in [1.165, 1.54) is 12.1 Å². The number of carboxylic acids is 1. The first-order valence-electron chi connectivity index (χ1n) is 6.77. The molecule has 3 atom stereocenters. The number of carbonyl (C=O) groups excluding carboxylic acids is 1. The summed E-state index contributed by atoms with van der Waals surface area (Å²) in [4.78, 5) is 23.2. The topological polar surface area (TPSA) is 66.4 Å². The van der Waals surface area contributed by atoms with Crippen LogP contribution in [0.3, 0.4) is 0 Å². The molecule has 5 heteroatoms. The van der Waals surface area contributed by atoms with Gasteiger partial charge in [0.1, 0.15) is 5.82 Å². The Morgan fingerprint density at radius 2 is 2.05 bits per heavy atom. The van der Waals surface area contributed by atoms with Gasteiger partial charge in [0, 0.05) is 0 Å². The maximum Gasteiger partial charge on any atom is 0.307 e. The zero-order valence-electron chi connectivity index (χ0n) is 11.3. The highest BCUT2D eigenvalue weighted by Gasteiger charge is 2.38. The average molecular weight is 279 g/mol. The van der Waals surface area contributed by atoms with E-state index in [9.17, 15) is 14.0 Å². The van der Waals surface area contributed by atoms with Crippen LogP contribution in [-0.2, 0) is 9.59 Å². The van der Waals surface area contributed by atoms with Gasteiger partial charge in [-0.05, 0) is 37.5 Å². The Balaban J connectivity index is 2.02. The van der Waals surface area contributed by atoms with Crippen LogP contribution >= 0.6 is 0 Å². The molecule has 0 aliphatic heterocycles. The molecular formula is C15H18FNO3. The molecule has 0 bridgehead atoms. The number of nitrogens with one attached hydrogen (secondary N) is 1. The molecule has 1 saturated carbocycles. The fourth-order valence-corrected chi connectivity index (χ4v) is 2.75. The predicted molar refractivity (Wildman–Crippen MR) is 71.4 cm³/mol. The summed E-state index contributed by atoms with van der Waals surface area (Å²) >= 11 is 0. The minimum absolute atomic E-state index is 0.258. The summed E-state index contributed by atoms with van der Waals surface area (Å²) in [6, 6.07) is 5.69. The minimum Gasteiger partial charge on any atom is -0.481 e. The molecule has 0 unspecified atom stereocenters. The lowest BCUT2D eigenvalue weighted by atomic mass is 9.94. The Hall–Kier alpha value is -1.91. The molecule has 2 rings (SSSR count). The first kappa shape index (κ1) is 14.5. The van der Waals surface area contributed by atoms with Crippen molar-refractivity contribution in [1.29, 1.82) is 0 Å². The molecule has 0 saturated heterocycles. The van der Waals surface area contributed by atoms with Gasteiger partial charge in [-0.3, -0.25) is 9.59 Å².